The van der Waals surface area contributed by atoms with Gasteiger partial charge in [0.05, 0.1) is 11.0 Å². The summed E-state index contributed by atoms with van der Waals surface area (Å²) in [4.78, 5) is 0. The molecule has 0 unspecified atom stereocenters. The van der Waals surface area contributed by atoms with Crippen molar-refractivity contribution in [2.24, 2.45) is 0 Å². The number of nitrogens with zero attached hydrogens (tertiary/aromatic N) is 1. The van der Waals surface area contributed by atoms with E-state index in [9.17, 15) is 0 Å². The zero-order chi connectivity index (χ0) is 26.2. The molecule has 186 valence electrons. The maximum atomic E-state index is 15.5. The van der Waals surface area contributed by atoms with E-state index in [1.54, 1.807) is 0 Å². The Morgan fingerprint density at radius 2 is 0.949 bits per heavy atom. The van der Waals surface area contributed by atoms with Gasteiger partial charge in [0.15, 0.2) is 7.14 Å². The van der Waals surface area contributed by atoms with E-state index >= 15 is 4.57 Å². The van der Waals surface area contributed by atoms with Gasteiger partial charge in [-0.25, -0.2) is 0 Å². The quantitative estimate of drug-likeness (QED) is 0.211. The molecule has 1 heterocycles. The van der Waals surface area contributed by atoms with Crippen LogP contribution in [0.3, 0.4) is 0 Å². The first-order chi connectivity index (χ1) is 19.3. The molecule has 0 saturated carbocycles. The van der Waals surface area contributed by atoms with Crippen LogP contribution in [0, 0.1) is 0 Å². The van der Waals surface area contributed by atoms with Crippen molar-refractivity contribution in [3.05, 3.63) is 158 Å². The van der Waals surface area contributed by atoms with Gasteiger partial charge in [0.1, 0.15) is 0 Å². The fourth-order valence-corrected chi connectivity index (χ4v) is 8.63. The van der Waals surface area contributed by atoms with E-state index in [-0.39, 0.29) is 0 Å². The molecule has 2 nitrogen and oxygen atoms in total. The summed E-state index contributed by atoms with van der Waals surface area (Å²) in [5.74, 6) is 0. The van der Waals surface area contributed by atoms with Crippen molar-refractivity contribution in [3.63, 3.8) is 0 Å². The van der Waals surface area contributed by atoms with Crippen molar-refractivity contribution in [2.75, 3.05) is 0 Å². The number of rotatable bonds is 5. The zero-order valence-electron chi connectivity index (χ0n) is 21.3. The van der Waals surface area contributed by atoms with Crippen LogP contribution in [0.15, 0.2) is 158 Å². The van der Waals surface area contributed by atoms with Crippen LogP contribution in [0.4, 0.5) is 0 Å². The lowest BCUT2D eigenvalue weighted by Gasteiger charge is -2.23. The average molecular weight is 520 g/mol. The van der Waals surface area contributed by atoms with Crippen LogP contribution in [0.1, 0.15) is 0 Å². The number of fused-ring (bicyclic) bond motifs is 3. The van der Waals surface area contributed by atoms with E-state index in [2.05, 4.69) is 77.4 Å². The molecule has 7 rings (SSSR count). The Labute approximate surface area is 228 Å². The molecule has 0 amide bonds. The number of para-hydroxylation sites is 3. The molecule has 0 aliphatic rings. The Morgan fingerprint density at radius 1 is 0.436 bits per heavy atom. The number of aromatic nitrogens is 1. The molecule has 0 atom stereocenters. The maximum Gasteiger partial charge on any atom is 0.171 e. The van der Waals surface area contributed by atoms with Gasteiger partial charge in [0.25, 0.3) is 0 Å². The first-order valence-corrected chi connectivity index (χ1v) is 14.9. The van der Waals surface area contributed by atoms with Crippen LogP contribution in [0.25, 0.3) is 38.6 Å². The van der Waals surface area contributed by atoms with E-state index in [0.29, 0.717) is 0 Å². The topological polar surface area (TPSA) is 22.0 Å². The van der Waals surface area contributed by atoms with Crippen molar-refractivity contribution < 1.29 is 4.57 Å². The highest BCUT2D eigenvalue weighted by atomic mass is 31.2. The first kappa shape index (κ1) is 23.5. The van der Waals surface area contributed by atoms with Gasteiger partial charge in [-0.1, -0.05) is 140 Å². The van der Waals surface area contributed by atoms with Gasteiger partial charge in [0.2, 0.25) is 0 Å². The summed E-state index contributed by atoms with van der Waals surface area (Å²) in [6.07, 6.45) is 0. The van der Waals surface area contributed by atoms with Crippen LogP contribution in [-0.4, -0.2) is 4.57 Å². The molecule has 6 aromatic carbocycles. The largest absolute Gasteiger partial charge is 0.309 e. The summed E-state index contributed by atoms with van der Waals surface area (Å²) in [5.41, 5.74) is 5.42. The highest BCUT2D eigenvalue weighted by molar-refractivity contribution is 7.85. The summed E-state index contributed by atoms with van der Waals surface area (Å²) >= 11 is 0. The fraction of sp³-hybridized carbons (Fsp3) is 0. The SMILES string of the molecule is O=P(c1ccccc1)(c1ccccc1)c1ccccc1-c1cccc2c3ccccc3n(-c3ccccc3)c12. The van der Waals surface area contributed by atoms with E-state index in [1.165, 1.54) is 10.8 Å². The first-order valence-electron chi connectivity index (χ1n) is 13.2. The molecule has 0 aliphatic carbocycles. The minimum absolute atomic E-state index is 0.833. The Morgan fingerprint density at radius 3 is 1.64 bits per heavy atom. The third kappa shape index (κ3) is 3.76. The van der Waals surface area contributed by atoms with Gasteiger partial charge in [-0.3, -0.25) is 0 Å². The molecule has 0 bridgehead atoms. The summed E-state index contributed by atoms with van der Waals surface area (Å²) < 4.78 is 17.8. The van der Waals surface area contributed by atoms with Gasteiger partial charge < -0.3 is 9.13 Å². The lowest BCUT2D eigenvalue weighted by Crippen LogP contribution is -2.26. The third-order valence-corrected chi connectivity index (χ3v) is 10.6. The van der Waals surface area contributed by atoms with Gasteiger partial charge in [0, 0.05) is 37.9 Å². The number of benzene rings is 6. The second kappa shape index (κ2) is 9.58. The zero-order valence-corrected chi connectivity index (χ0v) is 22.2. The van der Waals surface area contributed by atoms with Gasteiger partial charge in [-0.2, -0.15) is 0 Å². The van der Waals surface area contributed by atoms with Crippen LogP contribution in [-0.2, 0) is 4.57 Å². The molecule has 0 fully saturated rings. The normalized spacial score (nSPS) is 11.7. The second-order valence-electron chi connectivity index (χ2n) is 9.69. The average Bonchev–Trinajstić information content (AvgIpc) is 3.37. The van der Waals surface area contributed by atoms with Crippen LogP contribution < -0.4 is 15.9 Å². The molecule has 3 heteroatoms. The Bertz CT molecular complexity index is 1930. The van der Waals surface area contributed by atoms with Gasteiger partial charge >= 0.3 is 0 Å². The molecule has 7 aromatic rings. The highest BCUT2D eigenvalue weighted by Gasteiger charge is 2.32. The summed E-state index contributed by atoms with van der Waals surface area (Å²) in [6.45, 7) is 0. The molecule has 0 N–H and O–H groups in total. The summed E-state index contributed by atoms with van der Waals surface area (Å²) in [6, 6.07) is 53.5. The predicted octanol–water partition coefficient (Wildman–Crippen LogP) is 8.09. The lowest BCUT2D eigenvalue weighted by atomic mass is 10.0. The van der Waals surface area contributed by atoms with Crippen molar-refractivity contribution in [3.8, 4) is 16.8 Å². The maximum absolute atomic E-state index is 15.5. The van der Waals surface area contributed by atoms with Crippen molar-refractivity contribution in [1.82, 2.24) is 4.57 Å². The number of hydrogen-bond acceptors (Lipinski definition) is 1. The molecule has 0 saturated heterocycles. The number of hydrogen-bond donors (Lipinski definition) is 0. The minimum atomic E-state index is -3.19. The van der Waals surface area contributed by atoms with Gasteiger partial charge in [-0.05, 0) is 23.8 Å². The molecule has 0 aliphatic heterocycles. The van der Waals surface area contributed by atoms with Crippen molar-refractivity contribution in [2.45, 2.75) is 0 Å². The molecule has 0 radical (unpaired) electrons. The summed E-state index contributed by atoms with van der Waals surface area (Å²) in [7, 11) is -3.19. The fourth-order valence-electron chi connectivity index (χ4n) is 5.76. The monoisotopic (exact) mass is 519 g/mol. The van der Waals surface area contributed by atoms with E-state index in [4.69, 9.17) is 0 Å². The molecule has 1 aromatic heterocycles. The Kier molecular flexibility index (Phi) is 5.77. The summed E-state index contributed by atoms with van der Waals surface area (Å²) in [5, 5.41) is 4.89. The van der Waals surface area contributed by atoms with Crippen LogP contribution >= 0.6 is 7.14 Å². The smallest absolute Gasteiger partial charge is 0.171 e. The molecular weight excluding hydrogens is 493 g/mol. The lowest BCUT2D eigenvalue weighted by molar-refractivity contribution is 0.592. The predicted molar refractivity (Wildman–Crippen MR) is 166 cm³/mol. The molecule has 39 heavy (non-hydrogen) atoms. The van der Waals surface area contributed by atoms with Gasteiger partial charge in [-0.15, -0.1) is 0 Å². The van der Waals surface area contributed by atoms with Crippen molar-refractivity contribution in [1.29, 1.82) is 0 Å². The van der Waals surface area contributed by atoms with E-state index in [0.717, 1.165) is 43.8 Å². The minimum Gasteiger partial charge on any atom is -0.309 e. The van der Waals surface area contributed by atoms with Crippen LogP contribution in [0.5, 0.6) is 0 Å². The Balaban J connectivity index is 1.60. The van der Waals surface area contributed by atoms with E-state index < -0.39 is 7.14 Å². The molecule has 0 spiro atoms. The standard InChI is InChI=1S/C36H26NOP/c38-39(28-17-6-2-7-18-28,29-19-8-3-9-20-29)35-26-13-11-22-31(35)33-24-14-23-32-30-21-10-12-25-34(30)37(36(32)33)27-15-4-1-5-16-27/h1-26H. The third-order valence-electron chi connectivity index (χ3n) is 7.48. The van der Waals surface area contributed by atoms with Crippen LogP contribution in [0.2, 0.25) is 0 Å². The van der Waals surface area contributed by atoms with Crippen molar-refractivity contribution >= 4 is 44.9 Å². The highest BCUT2D eigenvalue weighted by Crippen LogP contribution is 2.46. The van der Waals surface area contributed by atoms with E-state index in [1.807, 2.05) is 84.9 Å². The Hall–Kier alpha value is -4.65. The second-order valence-corrected chi connectivity index (χ2v) is 12.4. The molecular formula is C36H26NOP.